The highest BCUT2D eigenvalue weighted by molar-refractivity contribution is 5.98. The minimum atomic E-state index is -0.892. The van der Waals surface area contributed by atoms with Crippen LogP contribution in [-0.4, -0.2) is 96.9 Å². The second-order valence-corrected chi connectivity index (χ2v) is 11.0. The maximum absolute atomic E-state index is 13.5. The smallest absolute Gasteiger partial charge is 0.338 e. The van der Waals surface area contributed by atoms with Crippen LogP contribution < -0.4 is 10.6 Å². The quantitative estimate of drug-likeness (QED) is 0.346. The zero-order chi connectivity index (χ0) is 30.9. The minimum Gasteiger partial charge on any atom is -0.462 e. The summed E-state index contributed by atoms with van der Waals surface area (Å²) >= 11 is 0. The molecule has 5 rings (SSSR count). The Bertz CT molecular complexity index is 1390. The molecular weight excluding hydrogens is 558 g/mol. The van der Waals surface area contributed by atoms with Crippen molar-refractivity contribution in [1.29, 1.82) is 0 Å². The number of ether oxygens (including phenoxy) is 1. The van der Waals surface area contributed by atoms with E-state index in [1.165, 1.54) is 16.0 Å². The van der Waals surface area contributed by atoms with Gasteiger partial charge in [0.1, 0.15) is 6.04 Å². The summed E-state index contributed by atoms with van der Waals surface area (Å²) in [5.41, 5.74) is 3.33. The summed E-state index contributed by atoms with van der Waals surface area (Å²) < 4.78 is 4.99. The Morgan fingerprint density at radius 3 is 2.07 bits per heavy atom. The number of hydrogen-bond acceptors (Lipinski definition) is 7. The van der Waals surface area contributed by atoms with Gasteiger partial charge in [-0.1, -0.05) is 60.7 Å². The third kappa shape index (κ3) is 7.69. The summed E-state index contributed by atoms with van der Waals surface area (Å²) in [6.45, 7) is 5.92. The van der Waals surface area contributed by atoms with E-state index in [9.17, 15) is 19.2 Å². The summed E-state index contributed by atoms with van der Waals surface area (Å²) in [6.07, 6.45) is -0.166. The van der Waals surface area contributed by atoms with Crippen LogP contribution in [-0.2, 0) is 19.1 Å². The van der Waals surface area contributed by atoms with E-state index in [1.54, 1.807) is 31.2 Å². The molecule has 2 aliphatic heterocycles. The molecule has 0 aliphatic carbocycles. The van der Waals surface area contributed by atoms with Gasteiger partial charge in [0.2, 0.25) is 17.7 Å². The zero-order valence-electron chi connectivity index (χ0n) is 25.0. The molecule has 0 spiro atoms. The molecule has 3 amide bonds. The number of carbonyl (C=O) groups excluding carboxylic acids is 4. The molecule has 2 saturated heterocycles. The molecule has 0 bridgehead atoms. The number of nitrogens with one attached hydrogen (secondary N) is 2. The van der Waals surface area contributed by atoms with Crippen LogP contribution in [0.3, 0.4) is 0 Å². The van der Waals surface area contributed by atoms with Gasteiger partial charge in [-0.2, -0.15) is 0 Å². The van der Waals surface area contributed by atoms with Crippen LogP contribution in [0.2, 0.25) is 0 Å². The molecule has 0 unspecified atom stereocenters. The normalized spacial score (nSPS) is 17.6. The minimum absolute atomic E-state index is 0.130. The fourth-order valence-electron chi connectivity index (χ4n) is 5.85. The van der Waals surface area contributed by atoms with E-state index in [-0.39, 0.29) is 37.4 Å². The maximum Gasteiger partial charge on any atom is 0.338 e. The lowest BCUT2D eigenvalue weighted by molar-refractivity contribution is -0.145. The number of hydrogen-bond donors (Lipinski definition) is 2. The Morgan fingerprint density at radius 1 is 0.864 bits per heavy atom. The van der Waals surface area contributed by atoms with E-state index < -0.39 is 17.9 Å². The van der Waals surface area contributed by atoms with Crippen molar-refractivity contribution in [2.75, 3.05) is 57.7 Å². The Morgan fingerprint density at radius 2 is 1.48 bits per heavy atom. The van der Waals surface area contributed by atoms with Gasteiger partial charge in [-0.05, 0) is 42.3 Å². The van der Waals surface area contributed by atoms with Gasteiger partial charge >= 0.3 is 5.97 Å². The average molecular weight is 598 g/mol. The van der Waals surface area contributed by atoms with Crippen LogP contribution in [0.5, 0.6) is 0 Å². The highest BCUT2D eigenvalue weighted by Crippen LogP contribution is 2.29. The first-order valence-electron chi connectivity index (χ1n) is 15.1. The monoisotopic (exact) mass is 597 g/mol. The van der Waals surface area contributed by atoms with Gasteiger partial charge in [-0.15, -0.1) is 0 Å². The third-order valence-electron chi connectivity index (χ3n) is 8.07. The predicted molar refractivity (Wildman–Crippen MR) is 167 cm³/mol. The first kappa shape index (κ1) is 30.9. The van der Waals surface area contributed by atoms with E-state index in [2.05, 4.69) is 69.0 Å². The van der Waals surface area contributed by atoms with Crippen LogP contribution in [0.1, 0.15) is 40.9 Å². The zero-order valence-corrected chi connectivity index (χ0v) is 25.0. The first-order chi connectivity index (χ1) is 21.4. The van der Waals surface area contributed by atoms with Gasteiger partial charge in [0.15, 0.2) is 0 Å². The van der Waals surface area contributed by atoms with Crippen LogP contribution in [0, 0.1) is 0 Å². The van der Waals surface area contributed by atoms with Gasteiger partial charge in [-0.25, -0.2) is 4.79 Å². The Kier molecular flexibility index (Phi) is 10.4. The van der Waals surface area contributed by atoms with Gasteiger partial charge < -0.3 is 20.3 Å². The van der Waals surface area contributed by atoms with Gasteiger partial charge in [-0.3, -0.25) is 24.2 Å². The fraction of sp³-hybridized carbons (Fsp3) is 0.353. The number of amides is 3. The van der Waals surface area contributed by atoms with E-state index in [4.69, 9.17) is 4.74 Å². The number of carbonyl (C=O) groups is 4. The van der Waals surface area contributed by atoms with E-state index >= 15 is 0 Å². The molecule has 2 fully saturated rings. The molecule has 2 N–H and O–H groups in total. The van der Waals surface area contributed by atoms with Crippen molar-refractivity contribution >= 4 is 29.4 Å². The van der Waals surface area contributed by atoms with E-state index in [0.29, 0.717) is 24.3 Å². The Hall–Kier alpha value is -4.54. The second kappa shape index (κ2) is 14.8. The predicted octanol–water partition coefficient (Wildman–Crippen LogP) is 2.93. The molecule has 10 heteroatoms. The topological polar surface area (TPSA) is 111 Å². The number of piperazine rings is 2. The molecule has 2 heterocycles. The lowest BCUT2D eigenvalue weighted by Crippen LogP contribution is -2.60. The van der Waals surface area contributed by atoms with Crippen molar-refractivity contribution < 1.29 is 23.9 Å². The lowest BCUT2D eigenvalue weighted by atomic mass is 9.96. The molecular formula is C34H39N5O5. The standard InChI is InChI=1S/C34H39N5O5/c1-2-44-34(43)27-13-15-28(16-14-27)36-30(40)23-29-33(42)35-17-18-39(29)31(41)24-37-19-21-38(22-20-37)32(25-9-5-3-6-10-25)26-11-7-4-8-12-26/h3-16,29,32H,2,17-24H2,1H3,(H,35,42)(H,36,40)/t29-/m1/s1. The summed E-state index contributed by atoms with van der Waals surface area (Å²) in [4.78, 5) is 57.2. The summed E-state index contributed by atoms with van der Waals surface area (Å²) in [6, 6.07) is 26.5. The third-order valence-corrected chi connectivity index (χ3v) is 8.07. The molecule has 2 aliphatic rings. The Balaban J connectivity index is 1.17. The van der Waals surface area contributed by atoms with Gasteiger partial charge in [0.25, 0.3) is 0 Å². The largest absolute Gasteiger partial charge is 0.462 e. The fourth-order valence-corrected chi connectivity index (χ4v) is 5.85. The summed E-state index contributed by atoms with van der Waals surface area (Å²) in [7, 11) is 0. The first-order valence-corrected chi connectivity index (χ1v) is 15.1. The van der Waals surface area contributed by atoms with Crippen LogP contribution in [0.15, 0.2) is 84.9 Å². The molecule has 3 aromatic carbocycles. The average Bonchev–Trinajstić information content (AvgIpc) is 3.04. The Labute approximate surface area is 258 Å². The van der Waals surface area contributed by atoms with E-state index in [1.807, 2.05) is 12.1 Å². The van der Waals surface area contributed by atoms with Crippen molar-refractivity contribution in [1.82, 2.24) is 20.0 Å². The van der Waals surface area contributed by atoms with Crippen molar-refractivity contribution in [3.05, 3.63) is 102 Å². The van der Waals surface area contributed by atoms with Gasteiger partial charge in [0.05, 0.1) is 31.2 Å². The number of nitrogens with zero attached hydrogens (tertiary/aromatic N) is 3. The molecule has 0 radical (unpaired) electrons. The molecule has 10 nitrogen and oxygen atoms in total. The SMILES string of the molecule is CCOC(=O)c1ccc(NC(=O)C[C@@H]2C(=O)NCCN2C(=O)CN2CCN(C(c3ccccc3)c3ccccc3)CC2)cc1. The summed E-state index contributed by atoms with van der Waals surface area (Å²) in [5.74, 6) is -1.33. The molecule has 0 saturated carbocycles. The summed E-state index contributed by atoms with van der Waals surface area (Å²) in [5, 5.41) is 5.55. The molecule has 0 aromatic heterocycles. The van der Waals surface area contributed by atoms with Crippen LogP contribution >= 0.6 is 0 Å². The highest BCUT2D eigenvalue weighted by Gasteiger charge is 2.36. The van der Waals surface area contributed by atoms with Gasteiger partial charge in [0, 0.05) is 45.0 Å². The van der Waals surface area contributed by atoms with Crippen LogP contribution in [0.4, 0.5) is 5.69 Å². The van der Waals surface area contributed by atoms with Crippen molar-refractivity contribution in [3.8, 4) is 0 Å². The number of esters is 1. The lowest BCUT2D eigenvalue weighted by Gasteiger charge is -2.41. The molecule has 1 atom stereocenters. The number of rotatable bonds is 10. The second-order valence-electron chi connectivity index (χ2n) is 11.0. The van der Waals surface area contributed by atoms with Crippen LogP contribution in [0.25, 0.3) is 0 Å². The molecule has 230 valence electrons. The molecule has 3 aromatic rings. The maximum atomic E-state index is 13.5. The van der Waals surface area contributed by atoms with Crippen molar-refractivity contribution in [2.24, 2.45) is 0 Å². The highest BCUT2D eigenvalue weighted by atomic mass is 16.5. The number of benzene rings is 3. The van der Waals surface area contributed by atoms with Crippen molar-refractivity contribution in [3.63, 3.8) is 0 Å². The number of anilines is 1. The van der Waals surface area contributed by atoms with E-state index in [0.717, 1.165) is 26.2 Å². The molecule has 44 heavy (non-hydrogen) atoms. The van der Waals surface area contributed by atoms with Crippen molar-refractivity contribution in [2.45, 2.75) is 25.4 Å².